The molecular formula is C11H7N3OSSe. The molecule has 0 spiro atoms. The SMILES string of the molecule is O=C(Nc1cccc2n[se]nc12)c1cccs1. The van der Waals surface area contributed by atoms with Crippen molar-refractivity contribution >= 4 is 48.9 Å². The second kappa shape index (κ2) is 4.41. The third-order valence-corrected chi connectivity index (χ3v) is 4.29. The Morgan fingerprint density at radius 3 is 3.00 bits per heavy atom. The molecule has 0 fully saturated rings. The summed E-state index contributed by atoms with van der Waals surface area (Å²) in [7, 11) is 0. The Morgan fingerprint density at radius 1 is 1.24 bits per heavy atom. The van der Waals surface area contributed by atoms with Gasteiger partial charge in [-0.2, -0.15) is 0 Å². The summed E-state index contributed by atoms with van der Waals surface area (Å²) in [6.07, 6.45) is 0. The summed E-state index contributed by atoms with van der Waals surface area (Å²) in [6.45, 7) is 0. The average Bonchev–Trinajstić information content (AvgIpc) is 3.00. The van der Waals surface area contributed by atoms with Crippen molar-refractivity contribution in [3.8, 4) is 0 Å². The number of hydrogen-bond donors (Lipinski definition) is 1. The van der Waals surface area contributed by atoms with E-state index in [-0.39, 0.29) is 20.9 Å². The van der Waals surface area contributed by atoms with Crippen molar-refractivity contribution < 1.29 is 4.79 Å². The molecule has 3 aromatic rings. The molecule has 1 amide bonds. The van der Waals surface area contributed by atoms with E-state index in [1.165, 1.54) is 11.3 Å². The Hall–Kier alpha value is -1.49. The Balaban J connectivity index is 1.95. The van der Waals surface area contributed by atoms with Gasteiger partial charge in [0.25, 0.3) is 0 Å². The number of rotatable bonds is 2. The van der Waals surface area contributed by atoms with Gasteiger partial charge in [0.05, 0.1) is 0 Å². The maximum atomic E-state index is 11.9. The summed E-state index contributed by atoms with van der Waals surface area (Å²) >= 11 is 1.34. The number of benzene rings is 1. The number of nitrogens with zero attached hydrogens (tertiary/aromatic N) is 2. The molecule has 0 atom stereocenters. The van der Waals surface area contributed by atoms with Crippen LogP contribution in [0.15, 0.2) is 35.7 Å². The normalized spacial score (nSPS) is 10.6. The van der Waals surface area contributed by atoms with Crippen molar-refractivity contribution in [2.45, 2.75) is 0 Å². The summed E-state index contributed by atoms with van der Waals surface area (Å²) in [5, 5.41) is 4.75. The van der Waals surface area contributed by atoms with Crippen LogP contribution in [0.5, 0.6) is 0 Å². The second-order valence-electron chi connectivity index (χ2n) is 3.37. The van der Waals surface area contributed by atoms with Crippen molar-refractivity contribution in [2.75, 3.05) is 5.32 Å². The number of nitrogens with one attached hydrogen (secondary N) is 1. The van der Waals surface area contributed by atoms with E-state index in [1.807, 2.05) is 29.6 Å². The Kier molecular flexibility index (Phi) is 2.76. The van der Waals surface area contributed by atoms with Crippen molar-refractivity contribution in [3.63, 3.8) is 0 Å². The monoisotopic (exact) mass is 309 g/mol. The molecule has 0 radical (unpaired) electrons. The molecule has 0 bridgehead atoms. The molecule has 17 heavy (non-hydrogen) atoms. The predicted octanol–water partition coefficient (Wildman–Crippen LogP) is 2.00. The van der Waals surface area contributed by atoms with Crippen LogP contribution in [0.4, 0.5) is 5.69 Å². The number of amides is 1. The summed E-state index contributed by atoms with van der Waals surface area (Å²) in [5.41, 5.74) is 2.41. The molecule has 2 heterocycles. The Labute approximate surface area is 108 Å². The molecule has 1 aromatic carbocycles. The molecule has 1 N–H and O–H groups in total. The van der Waals surface area contributed by atoms with Gasteiger partial charge in [-0.1, -0.05) is 0 Å². The number of carbonyl (C=O) groups is 1. The molecule has 0 unspecified atom stereocenters. The van der Waals surface area contributed by atoms with Gasteiger partial charge in [-0.05, 0) is 0 Å². The number of anilines is 1. The Morgan fingerprint density at radius 2 is 2.18 bits per heavy atom. The topological polar surface area (TPSA) is 54.9 Å². The van der Waals surface area contributed by atoms with Gasteiger partial charge in [-0.3, -0.25) is 0 Å². The minimum absolute atomic E-state index is 0.0773. The van der Waals surface area contributed by atoms with Crippen LogP contribution in [0.1, 0.15) is 9.67 Å². The van der Waals surface area contributed by atoms with Gasteiger partial charge in [0.2, 0.25) is 0 Å². The summed E-state index contributed by atoms with van der Waals surface area (Å²) in [6, 6.07) is 9.30. The molecule has 84 valence electrons. The van der Waals surface area contributed by atoms with Gasteiger partial charge >= 0.3 is 108 Å². The van der Waals surface area contributed by atoms with Crippen LogP contribution in [-0.2, 0) is 0 Å². The van der Waals surface area contributed by atoms with E-state index in [9.17, 15) is 4.79 Å². The maximum absolute atomic E-state index is 11.9. The fourth-order valence-corrected chi connectivity index (χ4v) is 3.27. The predicted molar refractivity (Wildman–Crippen MR) is 68.8 cm³/mol. The van der Waals surface area contributed by atoms with Gasteiger partial charge < -0.3 is 0 Å². The molecule has 2 aromatic heterocycles. The van der Waals surface area contributed by atoms with E-state index in [2.05, 4.69) is 13.3 Å². The summed E-state index contributed by atoms with van der Waals surface area (Å²) in [5.74, 6) is -0.0944. The number of aromatic nitrogens is 2. The van der Waals surface area contributed by atoms with Crippen molar-refractivity contribution in [1.82, 2.24) is 7.96 Å². The zero-order valence-electron chi connectivity index (χ0n) is 8.58. The summed E-state index contributed by atoms with van der Waals surface area (Å²) in [4.78, 5) is 12.6. The first-order valence-electron chi connectivity index (χ1n) is 4.91. The van der Waals surface area contributed by atoms with E-state index in [0.29, 0.717) is 4.88 Å². The van der Waals surface area contributed by atoms with E-state index < -0.39 is 0 Å². The van der Waals surface area contributed by atoms with Gasteiger partial charge in [0, 0.05) is 0 Å². The first kappa shape index (κ1) is 10.7. The van der Waals surface area contributed by atoms with E-state index in [0.717, 1.165) is 16.7 Å². The van der Waals surface area contributed by atoms with Gasteiger partial charge in [0.15, 0.2) is 0 Å². The average molecular weight is 308 g/mol. The van der Waals surface area contributed by atoms with Gasteiger partial charge in [-0.15, -0.1) is 0 Å². The molecule has 0 aliphatic carbocycles. The first-order chi connectivity index (χ1) is 8.34. The Bertz CT molecular complexity index is 662. The van der Waals surface area contributed by atoms with Gasteiger partial charge in [-0.25, -0.2) is 0 Å². The number of carbonyl (C=O) groups excluding carboxylic acids is 1. The van der Waals surface area contributed by atoms with Crippen LogP contribution in [-0.4, -0.2) is 28.8 Å². The molecule has 0 saturated heterocycles. The van der Waals surface area contributed by atoms with E-state index >= 15 is 0 Å². The number of thiophene rings is 1. The zero-order chi connectivity index (χ0) is 11.7. The van der Waals surface area contributed by atoms with Crippen molar-refractivity contribution in [3.05, 3.63) is 40.6 Å². The molecule has 0 aliphatic heterocycles. The molecular weight excluding hydrogens is 301 g/mol. The van der Waals surface area contributed by atoms with Crippen LogP contribution in [0, 0.1) is 0 Å². The third kappa shape index (κ3) is 2.02. The zero-order valence-corrected chi connectivity index (χ0v) is 11.1. The van der Waals surface area contributed by atoms with Crippen LogP contribution in [0.25, 0.3) is 11.0 Å². The van der Waals surface area contributed by atoms with Crippen molar-refractivity contribution in [1.29, 1.82) is 0 Å². The first-order valence-corrected chi connectivity index (χ1v) is 7.32. The molecule has 0 aliphatic rings. The molecule has 4 nitrogen and oxygen atoms in total. The van der Waals surface area contributed by atoms with Crippen molar-refractivity contribution in [2.24, 2.45) is 0 Å². The summed E-state index contributed by atoms with van der Waals surface area (Å²) < 4.78 is 8.60. The van der Waals surface area contributed by atoms with Crippen LogP contribution < -0.4 is 5.32 Å². The second-order valence-corrected chi connectivity index (χ2v) is 5.43. The molecule has 3 rings (SSSR count). The number of fused-ring (bicyclic) bond motifs is 1. The fourth-order valence-electron chi connectivity index (χ4n) is 1.50. The molecule has 6 heteroatoms. The van der Waals surface area contributed by atoms with Crippen LogP contribution in [0.3, 0.4) is 0 Å². The van der Waals surface area contributed by atoms with Crippen LogP contribution in [0.2, 0.25) is 0 Å². The van der Waals surface area contributed by atoms with E-state index in [4.69, 9.17) is 0 Å². The quantitative estimate of drug-likeness (QED) is 0.737. The fraction of sp³-hybridized carbons (Fsp3) is 0. The third-order valence-electron chi connectivity index (χ3n) is 2.28. The van der Waals surface area contributed by atoms with E-state index in [1.54, 1.807) is 6.07 Å². The molecule has 0 saturated carbocycles. The standard InChI is InChI=1S/C11H7N3OSSe/c15-11(9-5-2-6-16-9)12-7-3-1-4-8-10(7)14-17-13-8/h1-6H,(H,12,15). The van der Waals surface area contributed by atoms with Gasteiger partial charge in [0.1, 0.15) is 0 Å². The number of hydrogen-bond acceptors (Lipinski definition) is 4. The minimum atomic E-state index is -0.0944. The van der Waals surface area contributed by atoms with Crippen LogP contribution >= 0.6 is 11.3 Å².